The van der Waals surface area contributed by atoms with Crippen molar-refractivity contribution in [3.63, 3.8) is 0 Å². The standard InChI is InChI=1S/C11H14O2S/c12-11(13)10-6-4-9(5-7-10)3-1-2-8-14/h4-7,14H,1-3,8H2,(H,12,13). The number of carboxylic acid groups (broad SMARTS) is 1. The molecule has 0 saturated carbocycles. The molecule has 3 heteroatoms. The Kier molecular flexibility index (Phi) is 4.53. The van der Waals surface area contributed by atoms with E-state index >= 15 is 0 Å². The van der Waals surface area contributed by atoms with Gasteiger partial charge >= 0.3 is 5.97 Å². The predicted octanol–water partition coefficient (Wildman–Crippen LogP) is 2.64. The van der Waals surface area contributed by atoms with Crippen molar-refractivity contribution in [3.05, 3.63) is 35.4 Å². The molecule has 1 aromatic rings. The lowest BCUT2D eigenvalue weighted by molar-refractivity contribution is 0.0697. The van der Waals surface area contributed by atoms with E-state index in [4.69, 9.17) is 5.11 Å². The van der Waals surface area contributed by atoms with Crippen molar-refractivity contribution in [2.75, 3.05) is 5.75 Å². The van der Waals surface area contributed by atoms with E-state index in [-0.39, 0.29) is 0 Å². The van der Waals surface area contributed by atoms with Crippen molar-refractivity contribution in [1.29, 1.82) is 0 Å². The molecule has 0 heterocycles. The van der Waals surface area contributed by atoms with Crippen molar-refractivity contribution in [2.45, 2.75) is 19.3 Å². The molecule has 0 aliphatic carbocycles. The van der Waals surface area contributed by atoms with Gasteiger partial charge in [-0.25, -0.2) is 4.79 Å². The number of carbonyl (C=O) groups is 1. The lowest BCUT2D eigenvalue weighted by Gasteiger charge is -2.00. The first-order valence-corrected chi connectivity index (χ1v) is 5.30. The summed E-state index contributed by atoms with van der Waals surface area (Å²) in [4.78, 5) is 10.6. The fourth-order valence-corrected chi connectivity index (χ4v) is 1.48. The van der Waals surface area contributed by atoms with Gasteiger partial charge in [0.05, 0.1) is 5.56 Å². The molecule has 1 rings (SSSR count). The molecule has 0 aromatic heterocycles. The van der Waals surface area contributed by atoms with Gasteiger partial charge in [0, 0.05) is 0 Å². The number of thiol groups is 1. The highest BCUT2D eigenvalue weighted by Crippen LogP contribution is 2.08. The maximum atomic E-state index is 10.6. The summed E-state index contributed by atoms with van der Waals surface area (Å²) in [6.45, 7) is 0. The van der Waals surface area contributed by atoms with E-state index in [1.807, 2.05) is 12.1 Å². The smallest absolute Gasteiger partial charge is 0.335 e. The predicted molar refractivity (Wildman–Crippen MR) is 60.2 cm³/mol. The van der Waals surface area contributed by atoms with Crippen LogP contribution in [0.4, 0.5) is 0 Å². The Morgan fingerprint density at radius 1 is 1.21 bits per heavy atom. The van der Waals surface area contributed by atoms with Gasteiger partial charge in [0.15, 0.2) is 0 Å². The highest BCUT2D eigenvalue weighted by molar-refractivity contribution is 7.80. The van der Waals surface area contributed by atoms with Gasteiger partial charge in [0.1, 0.15) is 0 Å². The van der Waals surface area contributed by atoms with Crippen molar-refractivity contribution < 1.29 is 9.90 Å². The van der Waals surface area contributed by atoms with Crippen LogP contribution < -0.4 is 0 Å². The zero-order valence-corrected chi connectivity index (χ0v) is 8.83. The fourth-order valence-electron chi connectivity index (χ4n) is 1.25. The summed E-state index contributed by atoms with van der Waals surface area (Å²) in [5, 5.41) is 8.68. The van der Waals surface area contributed by atoms with Gasteiger partial charge < -0.3 is 5.11 Å². The van der Waals surface area contributed by atoms with E-state index in [9.17, 15) is 4.79 Å². The van der Waals surface area contributed by atoms with Gasteiger partial charge in [-0.15, -0.1) is 0 Å². The van der Waals surface area contributed by atoms with Gasteiger partial charge in [0.2, 0.25) is 0 Å². The van der Waals surface area contributed by atoms with Gasteiger partial charge in [-0.1, -0.05) is 12.1 Å². The minimum atomic E-state index is -0.869. The van der Waals surface area contributed by atoms with Crippen LogP contribution in [0.1, 0.15) is 28.8 Å². The number of unbranched alkanes of at least 4 members (excludes halogenated alkanes) is 1. The van der Waals surface area contributed by atoms with Crippen LogP contribution in [0, 0.1) is 0 Å². The monoisotopic (exact) mass is 210 g/mol. The Labute approximate surface area is 89.4 Å². The Morgan fingerprint density at radius 2 is 1.86 bits per heavy atom. The Hall–Kier alpha value is -0.960. The topological polar surface area (TPSA) is 37.3 Å². The first-order chi connectivity index (χ1) is 6.74. The zero-order valence-electron chi connectivity index (χ0n) is 7.94. The molecule has 1 N–H and O–H groups in total. The Morgan fingerprint density at radius 3 is 2.36 bits per heavy atom. The Balaban J connectivity index is 2.51. The molecule has 0 fully saturated rings. The van der Waals surface area contributed by atoms with Crippen LogP contribution in [0.15, 0.2) is 24.3 Å². The summed E-state index contributed by atoms with van der Waals surface area (Å²) < 4.78 is 0. The minimum absolute atomic E-state index is 0.350. The number of aryl methyl sites for hydroxylation is 1. The van der Waals surface area contributed by atoms with E-state index in [1.165, 1.54) is 5.56 Å². The fraction of sp³-hybridized carbons (Fsp3) is 0.364. The molecule has 0 radical (unpaired) electrons. The van der Waals surface area contributed by atoms with Crippen LogP contribution in [0.25, 0.3) is 0 Å². The molecule has 0 bridgehead atoms. The third-order valence-electron chi connectivity index (χ3n) is 2.07. The molecule has 0 aliphatic heterocycles. The SMILES string of the molecule is O=C(O)c1ccc(CCCCS)cc1. The van der Waals surface area contributed by atoms with E-state index in [0.717, 1.165) is 25.0 Å². The third-order valence-corrected chi connectivity index (χ3v) is 2.39. The maximum absolute atomic E-state index is 10.6. The summed E-state index contributed by atoms with van der Waals surface area (Å²) in [6.07, 6.45) is 3.21. The average Bonchev–Trinajstić information content (AvgIpc) is 2.19. The molecule has 76 valence electrons. The normalized spacial score (nSPS) is 10.1. The number of aromatic carboxylic acids is 1. The first-order valence-electron chi connectivity index (χ1n) is 4.67. The van der Waals surface area contributed by atoms with E-state index in [0.29, 0.717) is 5.56 Å². The molecule has 0 atom stereocenters. The van der Waals surface area contributed by atoms with Gasteiger partial charge in [0.25, 0.3) is 0 Å². The second kappa shape index (κ2) is 5.70. The summed E-state index contributed by atoms with van der Waals surface area (Å²) >= 11 is 4.13. The zero-order chi connectivity index (χ0) is 10.4. The molecule has 0 amide bonds. The molecule has 0 saturated heterocycles. The number of hydrogen-bond acceptors (Lipinski definition) is 2. The van der Waals surface area contributed by atoms with Crippen LogP contribution in [0.3, 0.4) is 0 Å². The van der Waals surface area contributed by atoms with Gasteiger partial charge in [-0.3, -0.25) is 0 Å². The molecule has 2 nitrogen and oxygen atoms in total. The molecule has 0 spiro atoms. The third kappa shape index (κ3) is 3.42. The van der Waals surface area contributed by atoms with Crippen molar-refractivity contribution in [1.82, 2.24) is 0 Å². The van der Waals surface area contributed by atoms with Crippen LogP contribution >= 0.6 is 12.6 Å². The highest BCUT2D eigenvalue weighted by atomic mass is 32.1. The maximum Gasteiger partial charge on any atom is 0.335 e. The lowest BCUT2D eigenvalue weighted by Crippen LogP contribution is -1.96. The van der Waals surface area contributed by atoms with E-state index in [2.05, 4.69) is 12.6 Å². The molecule has 0 unspecified atom stereocenters. The summed E-state index contributed by atoms with van der Waals surface area (Å²) in [7, 11) is 0. The second-order valence-electron chi connectivity index (χ2n) is 3.18. The number of benzene rings is 1. The van der Waals surface area contributed by atoms with Crippen LogP contribution in [-0.4, -0.2) is 16.8 Å². The lowest BCUT2D eigenvalue weighted by atomic mass is 10.1. The minimum Gasteiger partial charge on any atom is -0.478 e. The van der Waals surface area contributed by atoms with Crippen LogP contribution in [0.5, 0.6) is 0 Å². The van der Waals surface area contributed by atoms with Crippen molar-refractivity contribution in [2.24, 2.45) is 0 Å². The number of carboxylic acids is 1. The largest absolute Gasteiger partial charge is 0.478 e. The summed E-state index contributed by atoms with van der Waals surface area (Å²) in [5.74, 6) is 0.0413. The quantitative estimate of drug-likeness (QED) is 0.579. The van der Waals surface area contributed by atoms with Crippen molar-refractivity contribution >= 4 is 18.6 Å². The molecule has 14 heavy (non-hydrogen) atoms. The van der Waals surface area contributed by atoms with Crippen molar-refractivity contribution in [3.8, 4) is 0 Å². The highest BCUT2D eigenvalue weighted by Gasteiger charge is 2.00. The van der Waals surface area contributed by atoms with Crippen LogP contribution in [0.2, 0.25) is 0 Å². The Bertz CT molecular complexity index is 293. The number of rotatable bonds is 5. The van der Waals surface area contributed by atoms with Gasteiger partial charge in [-0.05, 0) is 42.7 Å². The first kappa shape index (κ1) is 11.1. The second-order valence-corrected chi connectivity index (χ2v) is 3.63. The average molecular weight is 210 g/mol. The van der Waals surface area contributed by atoms with E-state index in [1.54, 1.807) is 12.1 Å². The summed E-state index contributed by atoms with van der Waals surface area (Å²) in [6, 6.07) is 7.06. The molecular weight excluding hydrogens is 196 g/mol. The van der Waals surface area contributed by atoms with E-state index < -0.39 is 5.97 Å². The van der Waals surface area contributed by atoms with Gasteiger partial charge in [-0.2, -0.15) is 12.6 Å². The molecule has 0 aliphatic rings. The number of hydrogen-bond donors (Lipinski definition) is 2. The molecule has 1 aromatic carbocycles. The summed E-state index contributed by atoms with van der Waals surface area (Å²) in [5.41, 5.74) is 1.54. The van der Waals surface area contributed by atoms with Crippen LogP contribution in [-0.2, 0) is 6.42 Å². The molecular formula is C11H14O2S.